The molecule has 0 amide bonds. The highest BCUT2D eigenvalue weighted by Gasteiger charge is 2.53. The van der Waals surface area contributed by atoms with Crippen LogP contribution in [0.25, 0.3) is 0 Å². The van der Waals surface area contributed by atoms with E-state index in [2.05, 4.69) is 0 Å². The number of esters is 1. The SMILES string of the molecule is O=C1OC2(c3ccccc3Oc3cc(Cl)ccc32)c2cc(Cl)ccc21. The minimum absolute atomic E-state index is 0.385. The van der Waals surface area contributed by atoms with Crippen molar-refractivity contribution in [3.8, 4) is 11.5 Å². The predicted octanol–water partition coefficient (Wildman–Crippen LogP) is 5.56. The van der Waals surface area contributed by atoms with Gasteiger partial charge in [0.1, 0.15) is 11.5 Å². The molecule has 0 aliphatic carbocycles. The molecule has 2 heterocycles. The molecule has 0 N–H and O–H groups in total. The maximum atomic E-state index is 12.6. The Labute approximate surface area is 153 Å². The van der Waals surface area contributed by atoms with Gasteiger partial charge in [-0.1, -0.05) is 41.4 Å². The van der Waals surface area contributed by atoms with E-state index in [9.17, 15) is 4.79 Å². The van der Waals surface area contributed by atoms with Crippen molar-refractivity contribution in [3.63, 3.8) is 0 Å². The lowest BCUT2D eigenvalue weighted by atomic mass is 9.78. The fraction of sp³-hybridized carbons (Fsp3) is 0.0500. The Morgan fingerprint density at radius 1 is 0.760 bits per heavy atom. The summed E-state index contributed by atoms with van der Waals surface area (Å²) < 4.78 is 12.0. The zero-order valence-corrected chi connectivity index (χ0v) is 14.3. The summed E-state index contributed by atoms with van der Waals surface area (Å²) in [6.07, 6.45) is 0. The zero-order chi connectivity index (χ0) is 17.2. The van der Waals surface area contributed by atoms with Crippen LogP contribution in [0, 0.1) is 0 Å². The van der Waals surface area contributed by atoms with E-state index in [1.165, 1.54) is 0 Å². The van der Waals surface area contributed by atoms with Gasteiger partial charge in [0.15, 0.2) is 5.60 Å². The number of hydrogen-bond donors (Lipinski definition) is 0. The van der Waals surface area contributed by atoms with Crippen molar-refractivity contribution in [2.24, 2.45) is 0 Å². The average Bonchev–Trinajstić information content (AvgIpc) is 2.88. The number of para-hydroxylation sites is 1. The van der Waals surface area contributed by atoms with Crippen molar-refractivity contribution in [2.45, 2.75) is 5.60 Å². The largest absolute Gasteiger partial charge is 0.456 e. The Bertz CT molecular complexity index is 1060. The van der Waals surface area contributed by atoms with Gasteiger partial charge in [0.2, 0.25) is 0 Å². The van der Waals surface area contributed by atoms with Crippen molar-refractivity contribution < 1.29 is 14.3 Å². The average molecular weight is 369 g/mol. The van der Waals surface area contributed by atoms with Crippen molar-refractivity contribution in [1.82, 2.24) is 0 Å². The smallest absolute Gasteiger partial charge is 0.340 e. The zero-order valence-electron chi connectivity index (χ0n) is 12.8. The topological polar surface area (TPSA) is 35.5 Å². The Hall–Kier alpha value is -2.49. The van der Waals surface area contributed by atoms with Crippen LogP contribution in [0.5, 0.6) is 11.5 Å². The molecule has 3 aromatic rings. The fourth-order valence-electron chi connectivity index (χ4n) is 3.62. The van der Waals surface area contributed by atoms with Crippen LogP contribution in [-0.4, -0.2) is 5.97 Å². The van der Waals surface area contributed by atoms with Gasteiger partial charge >= 0.3 is 5.97 Å². The second-order valence-electron chi connectivity index (χ2n) is 6.00. The minimum Gasteiger partial charge on any atom is -0.456 e. The summed E-state index contributed by atoms with van der Waals surface area (Å²) in [5, 5.41) is 1.08. The van der Waals surface area contributed by atoms with Crippen molar-refractivity contribution >= 4 is 29.2 Å². The summed E-state index contributed by atoms with van der Waals surface area (Å²) in [5.74, 6) is 0.800. The molecule has 5 heteroatoms. The molecule has 0 aromatic heterocycles. The van der Waals surface area contributed by atoms with Gasteiger partial charge in [-0.05, 0) is 42.5 Å². The molecule has 122 valence electrons. The van der Waals surface area contributed by atoms with Crippen LogP contribution in [0.4, 0.5) is 0 Å². The Kier molecular flexibility index (Phi) is 2.97. The summed E-state index contributed by atoms with van der Waals surface area (Å²) >= 11 is 12.4. The van der Waals surface area contributed by atoms with E-state index in [1.54, 1.807) is 30.3 Å². The Morgan fingerprint density at radius 2 is 1.48 bits per heavy atom. The summed E-state index contributed by atoms with van der Waals surface area (Å²) in [4.78, 5) is 12.6. The van der Waals surface area contributed by atoms with Gasteiger partial charge in [0, 0.05) is 26.7 Å². The number of benzene rings is 3. The molecule has 3 nitrogen and oxygen atoms in total. The minimum atomic E-state index is -1.09. The van der Waals surface area contributed by atoms with E-state index >= 15 is 0 Å². The van der Waals surface area contributed by atoms with Crippen LogP contribution in [0.1, 0.15) is 27.0 Å². The van der Waals surface area contributed by atoms with E-state index in [4.69, 9.17) is 32.7 Å². The monoisotopic (exact) mass is 368 g/mol. The molecule has 5 rings (SSSR count). The van der Waals surface area contributed by atoms with Crippen LogP contribution in [0.2, 0.25) is 10.0 Å². The predicted molar refractivity (Wildman–Crippen MR) is 94.7 cm³/mol. The molecule has 1 spiro atoms. The number of ether oxygens (including phenoxy) is 2. The lowest BCUT2D eigenvalue weighted by Crippen LogP contribution is -2.32. The van der Waals surface area contributed by atoms with Crippen molar-refractivity contribution in [2.75, 3.05) is 0 Å². The van der Waals surface area contributed by atoms with Gasteiger partial charge in [-0.2, -0.15) is 0 Å². The van der Waals surface area contributed by atoms with Gasteiger partial charge < -0.3 is 9.47 Å². The van der Waals surface area contributed by atoms with E-state index in [1.807, 2.05) is 30.3 Å². The van der Waals surface area contributed by atoms with Crippen LogP contribution < -0.4 is 4.74 Å². The molecular weight excluding hydrogens is 359 g/mol. The summed E-state index contributed by atoms with van der Waals surface area (Å²) in [6.45, 7) is 0. The van der Waals surface area contributed by atoms with E-state index in [0.717, 1.165) is 11.1 Å². The number of carbonyl (C=O) groups is 1. The molecular formula is C20H10Cl2O3. The first-order chi connectivity index (χ1) is 12.1. The molecule has 0 fully saturated rings. The third kappa shape index (κ3) is 1.91. The van der Waals surface area contributed by atoms with Gasteiger partial charge in [0.25, 0.3) is 0 Å². The lowest BCUT2D eigenvalue weighted by molar-refractivity contribution is 0.0224. The van der Waals surface area contributed by atoms with Crippen LogP contribution in [-0.2, 0) is 10.3 Å². The molecule has 2 aliphatic rings. The second-order valence-corrected chi connectivity index (χ2v) is 6.87. The molecule has 0 saturated carbocycles. The summed E-state index contributed by atoms with van der Waals surface area (Å²) in [5.41, 5.74) is 1.61. The highest BCUT2D eigenvalue weighted by Crippen LogP contribution is 2.56. The Balaban J connectivity index is 1.92. The number of halogens is 2. The number of carbonyl (C=O) groups excluding carboxylic acids is 1. The van der Waals surface area contributed by atoms with Gasteiger partial charge in [-0.3, -0.25) is 0 Å². The molecule has 0 radical (unpaired) electrons. The third-order valence-corrected chi connectivity index (χ3v) is 5.11. The first-order valence-electron chi connectivity index (χ1n) is 7.70. The molecule has 2 aliphatic heterocycles. The maximum Gasteiger partial charge on any atom is 0.340 e. The van der Waals surface area contributed by atoms with Gasteiger partial charge in [0.05, 0.1) is 5.56 Å². The molecule has 0 bridgehead atoms. The molecule has 1 atom stereocenters. The molecule has 1 unspecified atom stereocenters. The number of fused-ring (bicyclic) bond motifs is 6. The highest BCUT2D eigenvalue weighted by molar-refractivity contribution is 6.31. The summed E-state index contributed by atoms with van der Waals surface area (Å²) in [6, 6.07) is 18.0. The highest BCUT2D eigenvalue weighted by atomic mass is 35.5. The van der Waals surface area contributed by atoms with E-state index in [-0.39, 0.29) is 5.97 Å². The fourth-order valence-corrected chi connectivity index (χ4v) is 3.95. The van der Waals surface area contributed by atoms with Crippen molar-refractivity contribution in [3.05, 3.63) is 93.0 Å². The Morgan fingerprint density at radius 3 is 2.36 bits per heavy atom. The van der Waals surface area contributed by atoms with Gasteiger partial charge in [-0.15, -0.1) is 0 Å². The molecule has 25 heavy (non-hydrogen) atoms. The quantitative estimate of drug-likeness (QED) is 0.487. The van der Waals surface area contributed by atoms with Gasteiger partial charge in [-0.25, -0.2) is 4.79 Å². The lowest BCUT2D eigenvalue weighted by Gasteiger charge is -2.36. The first-order valence-corrected chi connectivity index (χ1v) is 8.46. The number of hydrogen-bond acceptors (Lipinski definition) is 3. The second kappa shape index (κ2) is 5.01. The summed E-state index contributed by atoms with van der Waals surface area (Å²) in [7, 11) is 0. The molecule has 3 aromatic carbocycles. The molecule has 0 saturated heterocycles. The number of rotatable bonds is 0. The maximum absolute atomic E-state index is 12.6. The van der Waals surface area contributed by atoms with Crippen LogP contribution in [0.15, 0.2) is 60.7 Å². The normalized spacial score (nSPS) is 19.7. The van der Waals surface area contributed by atoms with Crippen LogP contribution >= 0.6 is 23.2 Å². The standard InChI is InChI=1S/C20H10Cl2O3/c21-11-5-7-13-16(9-11)20(25-19(13)23)14-3-1-2-4-17(14)24-18-10-12(22)6-8-15(18)20/h1-10H. The van der Waals surface area contributed by atoms with Crippen molar-refractivity contribution in [1.29, 1.82) is 0 Å². The van der Waals surface area contributed by atoms with E-state index in [0.29, 0.717) is 32.7 Å². The van der Waals surface area contributed by atoms with Crippen LogP contribution in [0.3, 0.4) is 0 Å². The first kappa shape index (κ1) is 14.8. The third-order valence-electron chi connectivity index (χ3n) is 4.64. The van der Waals surface area contributed by atoms with E-state index < -0.39 is 5.60 Å².